The molecule has 49 heavy (non-hydrogen) atoms. The summed E-state index contributed by atoms with van der Waals surface area (Å²) in [5.41, 5.74) is 8.62. The van der Waals surface area contributed by atoms with E-state index in [1.54, 1.807) is 44.6 Å². The van der Waals surface area contributed by atoms with E-state index in [-0.39, 0.29) is 27.1 Å². The van der Waals surface area contributed by atoms with Gasteiger partial charge in [-0.15, -0.1) is 0 Å². The molecule has 0 aromatic heterocycles. The number of ether oxygens (including phenoxy) is 4. The number of hydrogen-bond acceptors (Lipinski definition) is 5. The quantitative estimate of drug-likeness (QED) is 0.0778. The summed E-state index contributed by atoms with van der Waals surface area (Å²) in [6, 6.07) is 20.8. The molecule has 0 heterocycles. The number of rotatable bonds is 14. The Labute approximate surface area is 353 Å². The molecule has 0 bridgehead atoms. The molecule has 0 atom stereocenters. The lowest BCUT2D eigenvalue weighted by Gasteiger charge is -2.13. The molecule has 4 aromatic rings. The first-order chi connectivity index (χ1) is 40.1. The molecule has 300 valence electrons. The number of methoxy groups -OCH3 is 2. The number of benzene rings is 4. The number of aliphatic hydroxyl groups excluding tert-OH is 1. The van der Waals surface area contributed by atoms with Gasteiger partial charge < -0.3 is 24.1 Å². The fourth-order valence-electron chi connectivity index (χ4n) is 4.70. The Morgan fingerprint density at radius 3 is 1.49 bits per heavy atom. The summed E-state index contributed by atoms with van der Waals surface area (Å²) in [5.74, 6) is 0.632. The molecule has 8 heteroatoms. The van der Waals surface area contributed by atoms with Gasteiger partial charge in [0.05, 0.1) is 47.3 Å². The number of aliphatic hydroxyl groups is 1. The second-order valence-electron chi connectivity index (χ2n) is 11.6. The fraction of sp³-hybridized carbons (Fsp3) is 0.317. The summed E-state index contributed by atoms with van der Waals surface area (Å²) in [6.45, 7) is 9.81. The van der Waals surface area contributed by atoms with Crippen LogP contribution >= 0.6 is 15.9 Å². The first kappa shape index (κ1) is 22.1. The minimum atomic E-state index is -0.321. The van der Waals surface area contributed by atoms with Gasteiger partial charge in [0.15, 0.2) is 0 Å². The highest BCUT2D eigenvalue weighted by atomic mass is 79.9. The lowest BCUT2D eigenvalue weighted by molar-refractivity contribution is 0.148. The van der Waals surface area contributed by atoms with Crippen molar-refractivity contribution < 1.29 is 84.7 Å². The normalized spacial score (nSPS) is 13.1. The average Bonchev–Trinajstić information content (AvgIpc) is 3.59. The number of halogens is 3. The van der Waals surface area contributed by atoms with Crippen LogP contribution in [0.1, 0.15) is 109 Å². The molecule has 0 fully saturated rings. The zero-order valence-corrected chi connectivity index (χ0v) is 30.1. The van der Waals surface area contributed by atoms with Crippen LogP contribution in [-0.2, 0) is 34.6 Å². The Morgan fingerprint density at radius 1 is 0.673 bits per heavy atom. The molecular formula is C41H85BrF2O5. The van der Waals surface area contributed by atoms with Crippen molar-refractivity contribution in [3.05, 3.63) is 130 Å². The number of hydrogen-bond donors (Lipinski definition) is 1. The highest BCUT2D eigenvalue weighted by molar-refractivity contribution is 9.08. The molecule has 0 unspecified atom stereocenters. The van der Waals surface area contributed by atoms with Crippen molar-refractivity contribution in [3.8, 4) is 33.8 Å². The molecule has 4 rings (SSSR count). The Bertz CT molecular complexity index is 1650. The van der Waals surface area contributed by atoms with Crippen molar-refractivity contribution in [3.63, 3.8) is 0 Å². The van der Waals surface area contributed by atoms with E-state index in [9.17, 15) is 13.9 Å². The van der Waals surface area contributed by atoms with Gasteiger partial charge in [-0.05, 0) is 97.5 Å². The van der Waals surface area contributed by atoms with Crippen LogP contribution in [0.3, 0.4) is 0 Å². The topological polar surface area (TPSA) is 57.2 Å². The summed E-state index contributed by atoms with van der Waals surface area (Å²) in [4.78, 5) is 0. The highest BCUT2D eigenvalue weighted by Crippen LogP contribution is 2.32. The third kappa shape index (κ3) is 12.9. The standard InChI is InChI=1S/C20H22BrFO2.C20H23FO3.CH4.18H2/c1-14(2)8-9-24-13-16-10-15(12-21)4-6-18(16)19-11-17(23-3)5-7-20(19)22;1-14(2)8-9-24-13-16-10-15(12-22)4-6-18(16)19-11-17(23-3)5-7-20(19)21;;;;;;;;;;;;;;;;;;;/h4-8,10-11H,9,12-13H2,1-3H3;4-8,10-11,22H,9,12-13H2,1-3H3;1H4;18*1H/i;;;17*1+2T;1+2. The lowest BCUT2D eigenvalue weighted by atomic mass is 9.97. The summed E-state index contributed by atoms with van der Waals surface area (Å²) in [5, 5.41) is 10.1. The van der Waals surface area contributed by atoms with E-state index >= 15 is 0 Å². The predicted molar refractivity (Wildman–Crippen MR) is 238 cm³/mol. The SMILES string of the molecule is C.COc1ccc(F)c(-c2ccc(CBr)cc2COCC=C(C)C)c1.COc1ccc(F)c(-c2ccc(CO)cc2COCC=C(C)C)c1.[3HH].[3H][3H].[3H][3H].[3H][3H].[3H][3H].[3H][3H].[3H][3H].[3H][3H].[3H][3H].[3H][3H].[3H][3H].[3H][3H].[3H][3H].[3H][3H].[3H][3H].[3H][3H].[3H][3H].[3H][3H]. The Kier molecular flexibility index (Phi) is 9.61. The van der Waals surface area contributed by atoms with Crippen LogP contribution in [0.15, 0.2) is 96.1 Å². The molecule has 4 aromatic carbocycles. The summed E-state index contributed by atoms with van der Waals surface area (Å²) >= 11 is 3.47. The van der Waals surface area contributed by atoms with Gasteiger partial charge in [0, 0.05) is 68.4 Å². The maximum Gasteiger partial charge on any atom is 0.131 e. The van der Waals surface area contributed by atoms with E-state index < -0.39 is 0 Å². The van der Waals surface area contributed by atoms with Crippen molar-refractivity contribution in [2.45, 2.75) is 60.3 Å². The summed E-state index contributed by atoms with van der Waals surface area (Å²) < 4.78 is 220. The second-order valence-corrected chi connectivity index (χ2v) is 12.1. The van der Waals surface area contributed by atoms with E-state index in [1.165, 1.54) is 23.3 Å². The maximum absolute atomic E-state index is 14.3. The highest BCUT2D eigenvalue weighted by Gasteiger charge is 2.14. The molecule has 0 saturated carbocycles. The van der Waals surface area contributed by atoms with Crippen LogP contribution < -0.4 is 9.47 Å². The molecule has 0 aliphatic heterocycles. The van der Waals surface area contributed by atoms with Gasteiger partial charge in [-0.3, -0.25) is 0 Å². The van der Waals surface area contributed by atoms with Gasteiger partial charge in [-0.25, -0.2) is 8.78 Å². The molecule has 1 N–H and O–H groups in total. The Balaban J connectivity index is -0.0000000465. The first-order valence-electron chi connectivity index (χ1n) is 32.6. The van der Waals surface area contributed by atoms with Gasteiger partial charge in [0.1, 0.15) is 23.1 Å². The average molecular weight is 846 g/mol. The molecule has 0 aliphatic carbocycles. The Hall–Kier alpha value is -3.82. The van der Waals surface area contributed by atoms with Crippen LogP contribution in [-0.4, -0.2) is 32.5 Å². The fourth-order valence-corrected chi connectivity index (χ4v) is 5.05. The molecule has 0 aliphatic rings. The Morgan fingerprint density at radius 2 is 1.10 bits per heavy atom. The smallest absolute Gasteiger partial charge is 0.131 e. The van der Waals surface area contributed by atoms with E-state index in [0.29, 0.717) is 49.1 Å². The van der Waals surface area contributed by atoms with Crippen molar-refractivity contribution in [1.29, 1.82) is 0 Å². The summed E-state index contributed by atoms with van der Waals surface area (Å²) in [6.07, 6.45) is 4.02. The van der Waals surface area contributed by atoms with Crippen LogP contribution in [0, 0.1) is 11.6 Å². The van der Waals surface area contributed by atoms with E-state index in [1.807, 2.05) is 70.2 Å². The first-order valence-corrected chi connectivity index (χ1v) is 16.7. The van der Waals surface area contributed by atoms with Crippen LogP contribution in [0.4, 0.5) is 8.78 Å². The van der Waals surface area contributed by atoms with E-state index in [2.05, 4.69) is 15.9 Å². The van der Waals surface area contributed by atoms with Gasteiger partial charge in [0.25, 0.3) is 0 Å². The lowest BCUT2D eigenvalue weighted by Crippen LogP contribution is -1.99. The largest absolute Gasteiger partial charge is 0.497 e. The van der Waals surface area contributed by atoms with Crippen LogP contribution in [0.2, 0.25) is 0 Å². The second kappa shape index (κ2) is 21.3. The van der Waals surface area contributed by atoms with Crippen LogP contribution in [0.5, 0.6) is 11.5 Å². The predicted octanol–water partition coefficient (Wildman–Crippen LogP) is 15.4. The van der Waals surface area contributed by atoms with Gasteiger partial charge in [0.2, 0.25) is 0 Å². The number of allylic oxidation sites excluding steroid dienone is 2. The molecule has 0 spiro atoms. The van der Waals surface area contributed by atoms with Gasteiger partial charge in [-0.1, -0.05) is 83.1 Å². The van der Waals surface area contributed by atoms with E-state index in [0.717, 1.165) is 38.7 Å². The third-order valence-electron chi connectivity index (χ3n) is 7.34. The zero-order chi connectivity index (χ0) is 69.1. The molecule has 0 saturated heterocycles. The monoisotopic (exact) mass is 845 g/mol. The zero-order valence-electron chi connectivity index (χ0n) is 62.5. The molecule has 0 radical (unpaired) electrons. The van der Waals surface area contributed by atoms with Crippen LogP contribution in [0.25, 0.3) is 22.3 Å². The summed E-state index contributed by atoms with van der Waals surface area (Å²) in [7, 11) is 3.13. The van der Waals surface area contributed by atoms with Crippen molar-refractivity contribution >= 4 is 15.9 Å². The van der Waals surface area contributed by atoms with Crippen molar-refractivity contribution in [2.24, 2.45) is 0 Å². The third-order valence-corrected chi connectivity index (χ3v) is 7.99. The maximum atomic E-state index is 14.3. The van der Waals surface area contributed by atoms with Crippen molar-refractivity contribution in [1.82, 2.24) is 0 Å². The molecule has 0 amide bonds. The van der Waals surface area contributed by atoms with E-state index in [4.69, 9.17) is 69.4 Å². The van der Waals surface area contributed by atoms with Gasteiger partial charge in [-0.2, -0.15) is 0 Å². The minimum absolute atomic E-state index is 0. The minimum Gasteiger partial charge on any atom is -0.497 e. The molecule has 5 nitrogen and oxygen atoms in total. The number of alkyl halides is 1. The molecular weight excluding hydrogens is 690 g/mol. The van der Waals surface area contributed by atoms with Gasteiger partial charge >= 0.3 is 0 Å². The van der Waals surface area contributed by atoms with Crippen molar-refractivity contribution in [2.75, 3.05) is 27.4 Å².